The van der Waals surface area contributed by atoms with Crippen molar-refractivity contribution in [1.29, 1.82) is 5.26 Å². The summed E-state index contributed by atoms with van der Waals surface area (Å²) in [6.45, 7) is 0.245. The summed E-state index contributed by atoms with van der Waals surface area (Å²) in [6, 6.07) is 11.7. The van der Waals surface area contributed by atoms with Crippen molar-refractivity contribution in [2.75, 3.05) is 18.1 Å². The van der Waals surface area contributed by atoms with Crippen LogP contribution in [0.15, 0.2) is 36.4 Å². The molecule has 1 aliphatic rings. The van der Waals surface area contributed by atoms with Gasteiger partial charge in [0.25, 0.3) is 11.7 Å². The van der Waals surface area contributed by atoms with Crippen molar-refractivity contribution in [3.63, 3.8) is 0 Å². The van der Waals surface area contributed by atoms with E-state index >= 15 is 0 Å². The van der Waals surface area contributed by atoms with E-state index in [1.807, 2.05) is 6.07 Å². The number of halogens is 2. The van der Waals surface area contributed by atoms with Gasteiger partial charge in [0.15, 0.2) is 0 Å². The summed E-state index contributed by atoms with van der Waals surface area (Å²) in [6.07, 6.45) is 0. The van der Waals surface area contributed by atoms with E-state index in [-0.39, 0.29) is 23.7 Å². The molecule has 0 aromatic heterocycles. The highest BCUT2D eigenvalue weighted by Gasteiger charge is 2.37. The van der Waals surface area contributed by atoms with Gasteiger partial charge in [0.05, 0.1) is 28.4 Å². The number of carbonyl (C=O) groups excluding carboxylic acids is 2. The van der Waals surface area contributed by atoms with Crippen LogP contribution < -0.4 is 9.64 Å². The van der Waals surface area contributed by atoms with Crippen molar-refractivity contribution < 1.29 is 14.3 Å². The number of ether oxygens (including phenoxy) is 1. The fourth-order valence-electron chi connectivity index (χ4n) is 2.49. The van der Waals surface area contributed by atoms with E-state index < -0.39 is 11.7 Å². The van der Waals surface area contributed by atoms with Crippen LogP contribution in [0.3, 0.4) is 0 Å². The Balaban J connectivity index is 1.79. The van der Waals surface area contributed by atoms with Gasteiger partial charge in [0, 0.05) is 5.02 Å². The first kappa shape index (κ1) is 16.3. The predicted molar refractivity (Wildman–Crippen MR) is 89.8 cm³/mol. The van der Waals surface area contributed by atoms with E-state index in [0.29, 0.717) is 22.0 Å². The molecule has 2 aromatic carbocycles. The summed E-state index contributed by atoms with van der Waals surface area (Å²) in [5, 5.41) is 9.51. The minimum absolute atomic E-state index is 0.112. The molecule has 24 heavy (non-hydrogen) atoms. The molecule has 0 bridgehead atoms. The predicted octanol–water partition coefficient (Wildman–Crippen LogP) is 3.47. The monoisotopic (exact) mass is 360 g/mol. The third kappa shape index (κ3) is 2.82. The van der Waals surface area contributed by atoms with Crippen LogP contribution in [-0.4, -0.2) is 24.8 Å². The number of amides is 1. The number of benzene rings is 2. The molecule has 120 valence electrons. The standard InChI is InChI=1S/C17H10Cl2N2O3/c18-11-7-12(19)15-13(8-11)21(17(23)16(15)22)5-6-24-14-4-2-1-3-10(14)9-20/h1-4,7-8H,5-6H2. The highest BCUT2D eigenvalue weighted by molar-refractivity contribution is 6.55. The fraction of sp³-hybridized carbons (Fsp3) is 0.118. The Morgan fingerprint density at radius 3 is 2.67 bits per heavy atom. The van der Waals surface area contributed by atoms with Crippen molar-refractivity contribution in [3.05, 3.63) is 57.6 Å². The summed E-state index contributed by atoms with van der Waals surface area (Å²) < 4.78 is 5.56. The smallest absolute Gasteiger partial charge is 0.299 e. The van der Waals surface area contributed by atoms with Crippen molar-refractivity contribution in [1.82, 2.24) is 0 Å². The lowest BCUT2D eigenvalue weighted by Crippen LogP contribution is -2.33. The van der Waals surface area contributed by atoms with Crippen LogP contribution in [-0.2, 0) is 4.79 Å². The van der Waals surface area contributed by atoms with Gasteiger partial charge in [0.1, 0.15) is 18.4 Å². The highest BCUT2D eigenvalue weighted by atomic mass is 35.5. The number of nitrogens with zero attached hydrogens (tertiary/aromatic N) is 2. The zero-order valence-electron chi connectivity index (χ0n) is 12.3. The zero-order chi connectivity index (χ0) is 17.3. The molecule has 0 unspecified atom stereocenters. The van der Waals surface area contributed by atoms with Crippen LogP contribution in [0.5, 0.6) is 5.75 Å². The van der Waals surface area contributed by atoms with Crippen LogP contribution in [0.4, 0.5) is 5.69 Å². The first-order valence-corrected chi connectivity index (χ1v) is 7.75. The molecule has 0 aliphatic carbocycles. The number of anilines is 1. The molecule has 0 radical (unpaired) electrons. The SMILES string of the molecule is N#Cc1ccccc1OCCN1C(=O)C(=O)c2c(Cl)cc(Cl)cc21. The second kappa shape index (κ2) is 6.52. The third-order valence-corrected chi connectivity index (χ3v) is 4.09. The summed E-state index contributed by atoms with van der Waals surface area (Å²) in [7, 11) is 0. The minimum Gasteiger partial charge on any atom is -0.490 e. The average molecular weight is 361 g/mol. The Hall–Kier alpha value is -2.55. The molecular weight excluding hydrogens is 351 g/mol. The molecule has 1 heterocycles. The van der Waals surface area contributed by atoms with Crippen LogP contribution in [0.2, 0.25) is 10.0 Å². The minimum atomic E-state index is -0.675. The number of nitriles is 1. The molecule has 5 nitrogen and oxygen atoms in total. The van der Waals surface area contributed by atoms with Crippen LogP contribution in [0.25, 0.3) is 0 Å². The quantitative estimate of drug-likeness (QED) is 0.782. The molecule has 0 fully saturated rings. The lowest BCUT2D eigenvalue weighted by Gasteiger charge is -2.17. The number of para-hydroxylation sites is 1. The van der Waals surface area contributed by atoms with E-state index in [1.54, 1.807) is 24.3 Å². The topological polar surface area (TPSA) is 70.4 Å². The molecule has 7 heteroatoms. The summed E-state index contributed by atoms with van der Waals surface area (Å²) >= 11 is 12.0. The van der Waals surface area contributed by atoms with E-state index in [0.717, 1.165) is 0 Å². The summed E-state index contributed by atoms with van der Waals surface area (Å²) in [5.74, 6) is -0.919. The Morgan fingerprint density at radius 1 is 1.17 bits per heavy atom. The number of rotatable bonds is 4. The van der Waals surface area contributed by atoms with Gasteiger partial charge >= 0.3 is 0 Å². The molecule has 0 saturated carbocycles. The van der Waals surface area contributed by atoms with Gasteiger partial charge in [-0.3, -0.25) is 9.59 Å². The Kier molecular flexibility index (Phi) is 4.43. The Morgan fingerprint density at radius 2 is 1.92 bits per heavy atom. The first-order valence-electron chi connectivity index (χ1n) is 7.00. The van der Waals surface area contributed by atoms with Crippen LogP contribution in [0.1, 0.15) is 15.9 Å². The van der Waals surface area contributed by atoms with E-state index in [9.17, 15) is 9.59 Å². The average Bonchev–Trinajstić information content (AvgIpc) is 2.80. The van der Waals surface area contributed by atoms with Gasteiger partial charge in [0.2, 0.25) is 0 Å². The maximum Gasteiger partial charge on any atom is 0.299 e. The van der Waals surface area contributed by atoms with Gasteiger partial charge in [-0.05, 0) is 24.3 Å². The number of hydrogen-bond acceptors (Lipinski definition) is 4. The molecule has 0 atom stereocenters. The van der Waals surface area contributed by atoms with Crippen molar-refractivity contribution in [2.45, 2.75) is 0 Å². The van der Waals surface area contributed by atoms with Crippen LogP contribution in [0, 0.1) is 11.3 Å². The second-order valence-electron chi connectivity index (χ2n) is 5.02. The molecule has 2 aromatic rings. The summed E-state index contributed by atoms with van der Waals surface area (Å²) in [5.41, 5.74) is 0.927. The summed E-state index contributed by atoms with van der Waals surface area (Å²) in [4.78, 5) is 25.5. The molecule has 1 aliphatic heterocycles. The molecule has 0 saturated heterocycles. The molecule has 0 N–H and O–H groups in total. The Labute approximate surface area is 148 Å². The first-order chi connectivity index (χ1) is 11.5. The van der Waals surface area contributed by atoms with Gasteiger partial charge in [-0.1, -0.05) is 35.3 Å². The normalized spacial score (nSPS) is 13.0. The molecule has 3 rings (SSSR count). The molecule has 1 amide bonds. The lowest BCUT2D eigenvalue weighted by molar-refractivity contribution is -0.114. The van der Waals surface area contributed by atoms with E-state index in [4.69, 9.17) is 33.2 Å². The van der Waals surface area contributed by atoms with Gasteiger partial charge in [-0.25, -0.2) is 0 Å². The molecule has 0 spiro atoms. The zero-order valence-corrected chi connectivity index (χ0v) is 13.8. The number of hydrogen-bond donors (Lipinski definition) is 0. The van der Waals surface area contributed by atoms with Crippen LogP contribution >= 0.6 is 23.2 Å². The lowest BCUT2D eigenvalue weighted by atomic mass is 10.1. The fourth-order valence-corrected chi connectivity index (χ4v) is 3.06. The number of carbonyl (C=O) groups is 2. The maximum atomic E-state index is 12.2. The van der Waals surface area contributed by atoms with Gasteiger partial charge in [-0.15, -0.1) is 0 Å². The number of fused-ring (bicyclic) bond motifs is 1. The number of ketones is 1. The Bertz CT molecular complexity index is 890. The van der Waals surface area contributed by atoms with E-state index in [1.165, 1.54) is 17.0 Å². The van der Waals surface area contributed by atoms with Gasteiger partial charge < -0.3 is 9.64 Å². The van der Waals surface area contributed by atoms with Gasteiger partial charge in [-0.2, -0.15) is 5.26 Å². The van der Waals surface area contributed by atoms with Crippen molar-refractivity contribution >= 4 is 40.6 Å². The highest BCUT2D eigenvalue weighted by Crippen LogP contribution is 2.36. The van der Waals surface area contributed by atoms with Crippen molar-refractivity contribution in [3.8, 4) is 11.8 Å². The van der Waals surface area contributed by atoms with E-state index in [2.05, 4.69) is 0 Å². The maximum absolute atomic E-state index is 12.2. The van der Waals surface area contributed by atoms with Crippen molar-refractivity contribution in [2.24, 2.45) is 0 Å². The second-order valence-corrected chi connectivity index (χ2v) is 5.87. The molecular formula is C17H10Cl2N2O3. The largest absolute Gasteiger partial charge is 0.490 e. The number of Topliss-reactive ketones (excluding diaryl/α,β-unsaturated/α-hetero) is 1. The third-order valence-electron chi connectivity index (χ3n) is 3.57.